The largest absolute Gasteiger partial charge is 0.376 e. The monoisotopic (exact) mass is 297 g/mol. The van der Waals surface area contributed by atoms with E-state index in [9.17, 15) is 0 Å². The van der Waals surface area contributed by atoms with Crippen LogP contribution in [0, 0.1) is 13.8 Å². The van der Waals surface area contributed by atoms with Crippen LogP contribution in [0.5, 0.6) is 0 Å². The molecule has 0 atom stereocenters. The van der Waals surface area contributed by atoms with E-state index < -0.39 is 0 Å². The lowest BCUT2D eigenvalue weighted by Crippen LogP contribution is -2.23. The molecule has 0 radical (unpaired) electrons. The minimum atomic E-state index is 0.389. The number of pyridine rings is 1. The van der Waals surface area contributed by atoms with Crippen molar-refractivity contribution in [3.63, 3.8) is 0 Å². The Kier molecular flexibility index (Phi) is 4.99. The summed E-state index contributed by atoms with van der Waals surface area (Å²) in [6.07, 6.45) is 1.77. The third-order valence-corrected chi connectivity index (χ3v) is 3.24. The Morgan fingerprint density at radius 1 is 1.23 bits per heavy atom. The molecule has 3 N–H and O–H groups in total. The zero-order valence-corrected chi connectivity index (χ0v) is 13.6. The second kappa shape index (κ2) is 6.93. The first kappa shape index (κ1) is 15.8. The van der Waals surface area contributed by atoms with Gasteiger partial charge in [0.1, 0.15) is 0 Å². The van der Waals surface area contributed by atoms with Crippen LogP contribution in [0.15, 0.2) is 41.5 Å². The quantitative estimate of drug-likeness (QED) is 0.672. The van der Waals surface area contributed by atoms with Crippen LogP contribution < -0.4 is 16.0 Å². The number of benzene rings is 1. The summed E-state index contributed by atoms with van der Waals surface area (Å²) in [6.45, 7) is 4.56. The maximum absolute atomic E-state index is 5.98. The summed E-state index contributed by atoms with van der Waals surface area (Å²) in [4.78, 5) is 10.8. The number of aryl methyl sites for hydroxylation is 2. The Balaban J connectivity index is 2.10. The molecule has 0 saturated heterocycles. The molecule has 0 fully saturated rings. The number of hydrogen-bond donors (Lipinski definition) is 2. The maximum atomic E-state index is 5.98. The zero-order valence-electron chi connectivity index (χ0n) is 13.6. The fraction of sp³-hybridized carbons (Fsp3) is 0.294. The van der Waals surface area contributed by atoms with Gasteiger partial charge < -0.3 is 16.0 Å². The fourth-order valence-electron chi connectivity index (χ4n) is 2.35. The van der Waals surface area contributed by atoms with Gasteiger partial charge in [-0.05, 0) is 49.2 Å². The highest BCUT2D eigenvalue weighted by atomic mass is 15.1. The Hall–Kier alpha value is -2.56. The summed E-state index contributed by atoms with van der Waals surface area (Å²) in [5, 5.41) is 3.13. The van der Waals surface area contributed by atoms with Gasteiger partial charge in [-0.2, -0.15) is 0 Å². The first-order valence-electron chi connectivity index (χ1n) is 7.22. The molecule has 0 amide bonds. The minimum Gasteiger partial charge on any atom is -0.376 e. The van der Waals surface area contributed by atoms with Gasteiger partial charge in [-0.25, -0.2) is 4.99 Å². The highest BCUT2D eigenvalue weighted by molar-refractivity contribution is 5.92. The topological polar surface area (TPSA) is 66.5 Å². The molecule has 2 aromatic rings. The van der Waals surface area contributed by atoms with Crippen molar-refractivity contribution in [1.82, 2.24) is 4.98 Å². The van der Waals surface area contributed by atoms with Gasteiger partial charge in [0.05, 0.1) is 17.9 Å². The van der Waals surface area contributed by atoms with E-state index in [1.807, 2.05) is 43.3 Å². The highest BCUT2D eigenvalue weighted by Gasteiger charge is 2.05. The van der Waals surface area contributed by atoms with E-state index in [2.05, 4.69) is 35.2 Å². The number of hydrogen-bond acceptors (Lipinski definition) is 3. The lowest BCUT2D eigenvalue weighted by atomic mass is 10.1. The number of nitrogens with one attached hydrogen (secondary N) is 1. The van der Waals surface area contributed by atoms with Gasteiger partial charge in [0.2, 0.25) is 0 Å². The summed E-state index contributed by atoms with van der Waals surface area (Å²) in [6, 6.07) is 10.1. The van der Waals surface area contributed by atoms with Gasteiger partial charge in [-0.1, -0.05) is 6.07 Å². The standard InChI is InChI=1S/C17H23N5/c1-12-8-13(2)10-14(9-12)21-17(18)20-11-15-16(22(3)4)6-5-7-19-15/h5-10H,11H2,1-4H3,(H3,18,20,21). The number of nitrogens with two attached hydrogens (primary N) is 1. The molecule has 0 saturated carbocycles. The lowest BCUT2D eigenvalue weighted by Gasteiger charge is -2.15. The van der Waals surface area contributed by atoms with Crippen LogP contribution in [0.25, 0.3) is 0 Å². The van der Waals surface area contributed by atoms with E-state index in [1.165, 1.54) is 11.1 Å². The van der Waals surface area contributed by atoms with E-state index in [0.717, 1.165) is 17.1 Å². The van der Waals surface area contributed by atoms with Crippen LogP contribution >= 0.6 is 0 Å². The van der Waals surface area contributed by atoms with E-state index in [-0.39, 0.29) is 0 Å². The Morgan fingerprint density at radius 3 is 2.55 bits per heavy atom. The molecule has 5 heteroatoms. The van der Waals surface area contributed by atoms with E-state index in [4.69, 9.17) is 5.73 Å². The van der Waals surface area contributed by atoms with Crippen LogP contribution in [-0.4, -0.2) is 25.0 Å². The van der Waals surface area contributed by atoms with Gasteiger partial charge >= 0.3 is 0 Å². The van der Waals surface area contributed by atoms with Crippen LogP contribution in [0.2, 0.25) is 0 Å². The minimum absolute atomic E-state index is 0.389. The number of guanidine groups is 1. The molecule has 0 aliphatic rings. The molecular formula is C17H23N5. The van der Waals surface area contributed by atoms with Gasteiger partial charge in [0.15, 0.2) is 5.96 Å². The van der Waals surface area contributed by atoms with Gasteiger partial charge in [-0.3, -0.25) is 4.98 Å². The molecule has 1 heterocycles. The van der Waals surface area contributed by atoms with Gasteiger partial charge in [0.25, 0.3) is 0 Å². The number of aromatic nitrogens is 1. The third kappa shape index (κ3) is 4.22. The highest BCUT2D eigenvalue weighted by Crippen LogP contribution is 2.16. The lowest BCUT2D eigenvalue weighted by molar-refractivity contribution is 0.958. The van der Waals surface area contributed by atoms with Crippen LogP contribution in [0.1, 0.15) is 16.8 Å². The normalized spacial score (nSPS) is 11.4. The molecule has 0 bridgehead atoms. The first-order chi connectivity index (χ1) is 10.5. The fourth-order valence-corrected chi connectivity index (χ4v) is 2.35. The van der Waals surface area contributed by atoms with Crippen molar-refractivity contribution in [2.24, 2.45) is 10.7 Å². The van der Waals surface area contributed by atoms with E-state index in [0.29, 0.717) is 12.5 Å². The molecule has 5 nitrogen and oxygen atoms in total. The van der Waals surface area contributed by atoms with Crippen molar-refractivity contribution in [3.05, 3.63) is 53.3 Å². The van der Waals surface area contributed by atoms with Crippen LogP contribution in [0.3, 0.4) is 0 Å². The predicted octanol–water partition coefficient (Wildman–Crippen LogP) is 2.69. The van der Waals surface area contributed by atoms with Gasteiger partial charge in [-0.15, -0.1) is 0 Å². The number of aliphatic imine (C=N–C) groups is 1. The molecule has 0 spiro atoms. The van der Waals surface area contributed by atoms with Crippen LogP contribution in [-0.2, 0) is 6.54 Å². The van der Waals surface area contributed by atoms with Crippen molar-refractivity contribution in [2.45, 2.75) is 20.4 Å². The molecule has 0 unspecified atom stereocenters. The Labute approximate surface area is 131 Å². The van der Waals surface area contributed by atoms with Crippen LogP contribution in [0.4, 0.5) is 11.4 Å². The number of anilines is 2. The van der Waals surface area contributed by atoms with E-state index >= 15 is 0 Å². The second-order valence-electron chi connectivity index (χ2n) is 5.57. The third-order valence-electron chi connectivity index (χ3n) is 3.24. The van der Waals surface area contributed by atoms with Crippen molar-refractivity contribution < 1.29 is 0 Å². The van der Waals surface area contributed by atoms with Crippen molar-refractivity contribution in [1.29, 1.82) is 0 Å². The number of nitrogens with zero attached hydrogens (tertiary/aromatic N) is 3. The molecule has 0 aliphatic heterocycles. The van der Waals surface area contributed by atoms with Crippen molar-refractivity contribution in [3.8, 4) is 0 Å². The summed E-state index contributed by atoms with van der Waals surface area (Å²) in [5.74, 6) is 0.389. The average molecular weight is 297 g/mol. The van der Waals surface area contributed by atoms with Gasteiger partial charge in [0, 0.05) is 26.0 Å². The van der Waals surface area contributed by atoms with E-state index in [1.54, 1.807) is 6.20 Å². The summed E-state index contributed by atoms with van der Waals surface area (Å²) in [5.41, 5.74) is 11.3. The molecular weight excluding hydrogens is 274 g/mol. The summed E-state index contributed by atoms with van der Waals surface area (Å²) < 4.78 is 0. The smallest absolute Gasteiger partial charge is 0.193 e. The van der Waals surface area contributed by atoms with Crippen molar-refractivity contribution >= 4 is 17.3 Å². The second-order valence-corrected chi connectivity index (χ2v) is 5.57. The number of rotatable bonds is 4. The Morgan fingerprint density at radius 2 is 1.91 bits per heavy atom. The first-order valence-corrected chi connectivity index (χ1v) is 7.22. The molecule has 1 aromatic carbocycles. The molecule has 1 aromatic heterocycles. The van der Waals surface area contributed by atoms with Crippen molar-refractivity contribution in [2.75, 3.05) is 24.3 Å². The average Bonchev–Trinajstić information content (AvgIpc) is 2.44. The maximum Gasteiger partial charge on any atom is 0.193 e. The Bertz CT molecular complexity index is 656. The SMILES string of the molecule is Cc1cc(C)cc(NC(N)=NCc2ncccc2N(C)C)c1. The molecule has 116 valence electrons. The summed E-state index contributed by atoms with van der Waals surface area (Å²) in [7, 11) is 3.97. The zero-order chi connectivity index (χ0) is 16.1. The molecule has 0 aliphatic carbocycles. The molecule has 2 rings (SSSR count). The predicted molar refractivity (Wildman–Crippen MR) is 93.4 cm³/mol. The molecule has 22 heavy (non-hydrogen) atoms. The summed E-state index contributed by atoms with van der Waals surface area (Å²) >= 11 is 0.